The Bertz CT molecular complexity index is 560. The molecule has 5 heteroatoms. The second kappa shape index (κ2) is 7.14. The second-order valence-corrected chi connectivity index (χ2v) is 4.95. The molecular formula is C15H15BrO4. The van der Waals surface area contributed by atoms with Crippen molar-refractivity contribution in [2.24, 2.45) is 0 Å². The number of carbonyl (C=O) groups excluding carboxylic acids is 1. The van der Waals surface area contributed by atoms with Crippen LogP contribution in [0.4, 0.5) is 0 Å². The Labute approximate surface area is 125 Å². The summed E-state index contributed by atoms with van der Waals surface area (Å²) in [5, 5.41) is 0. The van der Waals surface area contributed by atoms with Crippen molar-refractivity contribution in [1.82, 2.24) is 0 Å². The minimum absolute atomic E-state index is 0.153. The van der Waals surface area contributed by atoms with Crippen molar-refractivity contribution in [3.63, 3.8) is 0 Å². The van der Waals surface area contributed by atoms with Gasteiger partial charge in [0.05, 0.1) is 6.61 Å². The van der Waals surface area contributed by atoms with E-state index in [0.717, 1.165) is 18.6 Å². The third-order valence-electron chi connectivity index (χ3n) is 2.58. The summed E-state index contributed by atoms with van der Waals surface area (Å²) in [5.74, 6) is 0.833. The van der Waals surface area contributed by atoms with Gasteiger partial charge >= 0.3 is 5.97 Å². The first-order valence-electron chi connectivity index (χ1n) is 6.39. The monoisotopic (exact) mass is 338 g/mol. The summed E-state index contributed by atoms with van der Waals surface area (Å²) in [7, 11) is 0. The van der Waals surface area contributed by atoms with Crippen LogP contribution in [0.2, 0.25) is 0 Å². The molecule has 0 spiro atoms. The predicted molar refractivity (Wildman–Crippen MR) is 78.2 cm³/mol. The van der Waals surface area contributed by atoms with E-state index in [1.165, 1.54) is 0 Å². The van der Waals surface area contributed by atoms with Gasteiger partial charge in [0.15, 0.2) is 4.67 Å². The first kappa shape index (κ1) is 14.7. The number of rotatable bonds is 6. The van der Waals surface area contributed by atoms with Crippen molar-refractivity contribution in [2.75, 3.05) is 6.61 Å². The molecule has 1 heterocycles. The molecular weight excluding hydrogens is 324 g/mol. The van der Waals surface area contributed by atoms with Gasteiger partial charge in [-0.05, 0) is 58.7 Å². The molecule has 0 aliphatic rings. The molecule has 0 amide bonds. The fourth-order valence-corrected chi connectivity index (χ4v) is 1.83. The number of benzene rings is 1. The summed E-state index contributed by atoms with van der Waals surface area (Å²) in [4.78, 5) is 11.8. The summed E-state index contributed by atoms with van der Waals surface area (Å²) in [6.45, 7) is 2.80. The fourth-order valence-electron chi connectivity index (χ4n) is 1.52. The predicted octanol–water partition coefficient (Wildman–Crippen LogP) is 4.44. The van der Waals surface area contributed by atoms with Gasteiger partial charge in [-0.2, -0.15) is 0 Å². The molecule has 0 saturated heterocycles. The van der Waals surface area contributed by atoms with E-state index in [1.807, 2.05) is 0 Å². The van der Waals surface area contributed by atoms with E-state index in [4.69, 9.17) is 13.9 Å². The smallest absolute Gasteiger partial charge is 0.379 e. The average molecular weight is 339 g/mol. The van der Waals surface area contributed by atoms with Crippen molar-refractivity contribution in [2.45, 2.75) is 19.8 Å². The van der Waals surface area contributed by atoms with E-state index in [2.05, 4.69) is 22.9 Å². The Kier molecular flexibility index (Phi) is 5.24. The lowest BCUT2D eigenvalue weighted by molar-refractivity contribution is 0.0700. The number of furan rings is 1. The lowest BCUT2D eigenvalue weighted by Gasteiger charge is -2.06. The quantitative estimate of drug-likeness (QED) is 0.443. The summed E-state index contributed by atoms with van der Waals surface area (Å²) in [6.07, 6.45) is 2.11. The highest BCUT2D eigenvalue weighted by atomic mass is 79.9. The number of unbranched alkanes of at least 4 members (excludes halogenated alkanes) is 1. The Balaban J connectivity index is 1.91. The van der Waals surface area contributed by atoms with Crippen LogP contribution in [0.3, 0.4) is 0 Å². The van der Waals surface area contributed by atoms with Gasteiger partial charge in [-0.15, -0.1) is 0 Å². The maximum atomic E-state index is 11.8. The van der Waals surface area contributed by atoms with Crippen LogP contribution in [0.15, 0.2) is 45.5 Å². The van der Waals surface area contributed by atoms with Crippen LogP contribution >= 0.6 is 15.9 Å². The van der Waals surface area contributed by atoms with Crippen molar-refractivity contribution >= 4 is 21.9 Å². The number of esters is 1. The molecule has 2 rings (SSSR count). The highest BCUT2D eigenvalue weighted by molar-refractivity contribution is 9.10. The van der Waals surface area contributed by atoms with Crippen LogP contribution in [0.1, 0.15) is 30.3 Å². The molecule has 106 valence electrons. The molecule has 2 aromatic rings. The molecule has 0 atom stereocenters. The highest BCUT2D eigenvalue weighted by Gasteiger charge is 2.13. The number of carbonyl (C=O) groups is 1. The Morgan fingerprint density at radius 2 is 1.85 bits per heavy atom. The zero-order valence-electron chi connectivity index (χ0n) is 11.1. The van der Waals surface area contributed by atoms with Gasteiger partial charge in [-0.25, -0.2) is 4.79 Å². The van der Waals surface area contributed by atoms with E-state index in [-0.39, 0.29) is 5.76 Å². The van der Waals surface area contributed by atoms with Gasteiger partial charge in [0.25, 0.3) is 0 Å². The second-order valence-electron chi connectivity index (χ2n) is 4.17. The minimum atomic E-state index is -0.532. The minimum Gasteiger partial charge on any atom is -0.494 e. The van der Waals surface area contributed by atoms with Crippen molar-refractivity contribution < 1.29 is 18.7 Å². The molecule has 0 radical (unpaired) electrons. The van der Waals surface area contributed by atoms with Gasteiger partial charge in [0.2, 0.25) is 5.76 Å². The standard InChI is InChI=1S/C15H15BrO4/c1-2-3-10-18-11-4-6-12(7-5-11)19-15(17)13-8-9-14(16)20-13/h4-9H,2-3,10H2,1H3. The maximum Gasteiger partial charge on any atom is 0.379 e. The number of halogens is 1. The van der Waals surface area contributed by atoms with E-state index < -0.39 is 5.97 Å². The third-order valence-corrected chi connectivity index (χ3v) is 3.00. The number of ether oxygens (including phenoxy) is 2. The summed E-state index contributed by atoms with van der Waals surface area (Å²) in [6, 6.07) is 10.1. The summed E-state index contributed by atoms with van der Waals surface area (Å²) in [5.41, 5.74) is 0. The summed E-state index contributed by atoms with van der Waals surface area (Å²) < 4.78 is 16.3. The zero-order valence-corrected chi connectivity index (χ0v) is 12.7. The molecule has 1 aromatic carbocycles. The molecule has 20 heavy (non-hydrogen) atoms. The Hall–Kier alpha value is -1.75. The average Bonchev–Trinajstić information content (AvgIpc) is 2.88. The zero-order chi connectivity index (χ0) is 14.4. The van der Waals surface area contributed by atoms with E-state index in [0.29, 0.717) is 17.0 Å². The Morgan fingerprint density at radius 1 is 1.15 bits per heavy atom. The molecule has 0 aliphatic carbocycles. The molecule has 0 N–H and O–H groups in total. The third kappa shape index (κ3) is 4.13. The van der Waals surface area contributed by atoms with Crippen molar-refractivity contribution in [3.05, 3.63) is 46.8 Å². The number of hydrogen-bond acceptors (Lipinski definition) is 4. The Morgan fingerprint density at radius 3 is 2.45 bits per heavy atom. The molecule has 4 nitrogen and oxygen atoms in total. The summed E-state index contributed by atoms with van der Waals surface area (Å²) >= 11 is 3.13. The van der Waals surface area contributed by atoms with Crippen molar-refractivity contribution in [3.8, 4) is 11.5 Å². The van der Waals surface area contributed by atoms with Gasteiger partial charge < -0.3 is 13.9 Å². The molecule has 1 aromatic heterocycles. The van der Waals surface area contributed by atoms with Crippen LogP contribution in [0.5, 0.6) is 11.5 Å². The number of hydrogen-bond donors (Lipinski definition) is 0. The van der Waals surface area contributed by atoms with Gasteiger partial charge in [-0.3, -0.25) is 0 Å². The molecule has 0 fully saturated rings. The van der Waals surface area contributed by atoms with Gasteiger partial charge in [0, 0.05) is 0 Å². The fraction of sp³-hybridized carbons (Fsp3) is 0.267. The van der Waals surface area contributed by atoms with Crippen LogP contribution in [-0.4, -0.2) is 12.6 Å². The first-order chi connectivity index (χ1) is 9.69. The lowest BCUT2D eigenvalue weighted by Crippen LogP contribution is -2.07. The van der Waals surface area contributed by atoms with Crippen LogP contribution in [-0.2, 0) is 0 Å². The van der Waals surface area contributed by atoms with Gasteiger partial charge in [-0.1, -0.05) is 13.3 Å². The van der Waals surface area contributed by atoms with Gasteiger partial charge in [0.1, 0.15) is 11.5 Å². The SMILES string of the molecule is CCCCOc1ccc(OC(=O)c2ccc(Br)o2)cc1. The maximum absolute atomic E-state index is 11.8. The van der Waals surface area contributed by atoms with E-state index >= 15 is 0 Å². The topological polar surface area (TPSA) is 48.7 Å². The van der Waals surface area contributed by atoms with Crippen LogP contribution in [0, 0.1) is 0 Å². The molecule has 0 bridgehead atoms. The first-order valence-corrected chi connectivity index (χ1v) is 7.18. The molecule has 0 unspecified atom stereocenters. The largest absolute Gasteiger partial charge is 0.494 e. The lowest BCUT2D eigenvalue weighted by atomic mass is 10.3. The molecule has 0 saturated carbocycles. The highest BCUT2D eigenvalue weighted by Crippen LogP contribution is 2.20. The van der Waals surface area contributed by atoms with Crippen molar-refractivity contribution in [1.29, 1.82) is 0 Å². The van der Waals surface area contributed by atoms with Crippen LogP contribution in [0.25, 0.3) is 0 Å². The van der Waals surface area contributed by atoms with E-state index in [1.54, 1.807) is 36.4 Å². The van der Waals surface area contributed by atoms with E-state index in [9.17, 15) is 4.79 Å². The normalized spacial score (nSPS) is 10.3. The van der Waals surface area contributed by atoms with Crippen LogP contribution < -0.4 is 9.47 Å². The molecule has 0 aliphatic heterocycles.